The molecule has 2 aromatic rings. The molecule has 0 aliphatic heterocycles. The van der Waals surface area contributed by atoms with Gasteiger partial charge in [-0.25, -0.2) is 0 Å². The van der Waals surface area contributed by atoms with Crippen LogP contribution in [-0.4, -0.2) is 0 Å². The van der Waals surface area contributed by atoms with E-state index in [1.165, 1.54) is 0 Å². The second-order valence-corrected chi connectivity index (χ2v) is 5.93. The van der Waals surface area contributed by atoms with Gasteiger partial charge in [0.2, 0.25) is 0 Å². The van der Waals surface area contributed by atoms with Crippen LogP contribution in [-0.2, 0) is 5.41 Å². The van der Waals surface area contributed by atoms with Crippen LogP contribution >= 0.6 is 0 Å². The Kier molecular flexibility index (Phi) is 2.89. The van der Waals surface area contributed by atoms with Crippen molar-refractivity contribution in [3.8, 4) is 18.2 Å². The number of benzene rings is 2. The van der Waals surface area contributed by atoms with E-state index in [0.29, 0.717) is 5.57 Å². The number of fused-ring (bicyclic) bond motifs is 5. The number of nitrogens with zero attached hydrogens (tertiary/aromatic N) is 3. The highest BCUT2D eigenvalue weighted by Gasteiger charge is 2.51. The zero-order valence-electron chi connectivity index (χ0n) is 12.7. The second-order valence-electron chi connectivity index (χ2n) is 5.93. The third-order valence-electron chi connectivity index (χ3n) is 4.82. The van der Waals surface area contributed by atoms with Gasteiger partial charge in [-0.15, -0.1) is 0 Å². The smallest absolute Gasteiger partial charge is 0.180 e. The minimum Gasteiger partial charge on any atom is -0.196 e. The highest BCUT2D eigenvalue weighted by Crippen LogP contribution is 2.53. The zero-order chi connectivity index (χ0) is 16.7. The molecular formula is C21H11N3. The van der Waals surface area contributed by atoms with E-state index in [4.69, 9.17) is 0 Å². The summed E-state index contributed by atoms with van der Waals surface area (Å²) in [4.78, 5) is 0. The van der Waals surface area contributed by atoms with E-state index in [2.05, 4.69) is 18.2 Å². The minimum atomic E-state index is -1.32. The van der Waals surface area contributed by atoms with E-state index < -0.39 is 11.3 Å². The highest BCUT2D eigenvalue weighted by molar-refractivity contribution is 5.97. The second kappa shape index (κ2) is 4.95. The van der Waals surface area contributed by atoms with E-state index in [1.807, 2.05) is 48.6 Å². The van der Waals surface area contributed by atoms with E-state index >= 15 is 0 Å². The zero-order valence-corrected chi connectivity index (χ0v) is 12.7. The summed E-state index contributed by atoms with van der Waals surface area (Å²) in [7, 11) is 0. The van der Waals surface area contributed by atoms with Crippen LogP contribution in [0.3, 0.4) is 0 Å². The molecule has 0 spiro atoms. The SMILES string of the molecule is N#CC1=CC2C(=CC=C1)c1ccc3ccccc3c1C2(C#N)C#N. The number of nitriles is 3. The third kappa shape index (κ3) is 1.63. The van der Waals surface area contributed by atoms with Crippen LogP contribution < -0.4 is 0 Å². The lowest BCUT2D eigenvalue weighted by Crippen LogP contribution is -2.27. The molecule has 2 aromatic carbocycles. The molecule has 3 heteroatoms. The first kappa shape index (κ1) is 14.0. The van der Waals surface area contributed by atoms with Crippen LogP contribution in [0, 0.1) is 39.9 Å². The van der Waals surface area contributed by atoms with Crippen LogP contribution in [0.2, 0.25) is 0 Å². The number of allylic oxidation sites excluding steroid dienone is 6. The van der Waals surface area contributed by atoms with Gasteiger partial charge in [0.15, 0.2) is 5.41 Å². The van der Waals surface area contributed by atoms with Crippen molar-refractivity contribution in [1.29, 1.82) is 15.8 Å². The standard InChI is InChI=1S/C21H11N3/c22-11-14-4-3-7-17-18-9-8-15-5-1-2-6-16(15)20(18)21(12-23,13-24)19(17)10-14/h1-10,19H. The van der Waals surface area contributed by atoms with Crippen molar-refractivity contribution < 1.29 is 0 Å². The van der Waals surface area contributed by atoms with Gasteiger partial charge in [0.25, 0.3) is 0 Å². The summed E-state index contributed by atoms with van der Waals surface area (Å²) in [6.45, 7) is 0. The van der Waals surface area contributed by atoms with Crippen molar-refractivity contribution in [2.75, 3.05) is 0 Å². The Morgan fingerprint density at radius 1 is 0.958 bits per heavy atom. The maximum absolute atomic E-state index is 9.98. The van der Waals surface area contributed by atoms with Gasteiger partial charge in [0.1, 0.15) is 0 Å². The largest absolute Gasteiger partial charge is 0.196 e. The molecule has 0 bridgehead atoms. The monoisotopic (exact) mass is 305 g/mol. The van der Waals surface area contributed by atoms with Crippen molar-refractivity contribution in [2.45, 2.75) is 5.41 Å². The van der Waals surface area contributed by atoms with Crippen molar-refractivity contribution in [3.05, 3.63) is 77.4 Å². The molecule has 24 heavy (non-hydrogen) atoms. The van der Waals surface area contributed by atoms with Gasteiger partial charge >= 0.3 is 0 Å². The van der Waals surface area contributed by atoms with Crippen LogP contribution in [0.1, 0.15) is 11.1 Å². The fraction of sp³-hybridized carbons (Fsp3) is 0.0952. The molecule has 2 aliphatic rings. The molecule has 0 amide bonds. The fourth-order valence-corrected chi connectivity index (χ4v) is 3.74. The van der Waals surface area contributed by atoms with Gasteiger partial charge in [-0.2, -0.15) is 15.8 Å². The van der Waals surface area contributed by atoms with E-state index in [-0.39, 0.29) is 0 Å². The predicted octanol–water partition coefficient (Wildman–Crippen LogP) is 4.16. The summed E-state index contributed by atoms with van der Waals surface area (Å²) in [5.74, 6) is -0.446. The topological polar surface area (TPSA) is 71.4 Å². The first-order valence-corrected chi connectivity index (χ1v) is 7.60. The van der Waals surface area contributed by atoms with Crippen LogP contribution in [0.4, 0.5) is 0 Å². The molecule has 0 N–H and O–H groups in total. The van der Waals surface area contributed by atoms with Crippen molar-refractivity contribution in [3.63, 3.8) is 0 Å². The average Bonchev–Trinajstić information content (AvgIpc) is 2.76. The quantitative estimate of drug-likeness (QED) is 0.733. The van der Waals surface area contributed by atoms with Crippen molar-refractivity contribution >= 4 is 16.3 Å². The molecular weight excluding hydrogens is 294 g/mol. The molecule has 4 rings (SSSR count). The summed E-state index contributed by atoms with van der Waals surface area (Å²) >= 11 is 0. The molecule has 2 aliphatic carbocycles. The maximum Gasteiger partial charge on any atom is 0.180 e. The molecule has 0 saturated heterocycles. The lowest BCUT2D eigenvalue weighted by Gasteiger charge is -2.21. The van der Waals surface area contributed by atoms with E-state index in [1.54, 1.807) is 12.2 Å². The predicted molar refractivity (Wildman–Crippen MR) is 91.2 cm³/mol. The van der Waals surface area contributed by atoms with Gasteiger partial charge in [-0.05, 0) is 28.0 Å². The molecule has 0 saturated carbocycles. The summed E-state index contributed by atoms with van der Waals surface area (Å²) < 4.78 is 0. The molecule has 0 fully saturated rings. The molecule has 3 nitrogen and oxygen atoms in total. The number of rotatable bonds is 0. The normalized spacial score (nSPS) is 19.8. The maximum atomic E-state index is 9.98. The molecule has 0 radical (unpaired) electrons. The lowest BCUT2D eigenvalue weighted by atomic mass is 9.74. The van der Waals surface area contributed by atoms with E-state index in [0.717, 1.165) is 27.5 Å². The summed E-state index contributed by atoms with van der Waals surface area (Å²) in [6.07, 6.45) is 7.19. The molecule has 1 unspecified atom stereocenters. The van der Waals surface area contributed by atoms with Gasteiger partial charge < -0.3 is 0 Å². The van der Waals surface area contributed by atoms with Gasteiger partial charge in [-0.3, -0.25) is 0 Å². The Hall–Kier alpha value is -3.61. The summed E-state index contributed by atoms with van der Waals surface area (Å²) in [5, 5.41) is 31.2. The third-order valence-corrected chi connectivity index (χ3v) is 4.82. The molecule has 1 atom stereocenters. The van der Waals surface area contributed by atoms with Crippen molar-refractivity contribution in [2.24, 2.45) is 5.92 Å². The number of hydrogen-bond acceptors (Lipinski definition) is 3. The number of hydrogen-bond donors (Lipinski definition) is 0. The minimum absolute atomic E-state index is 0.446. The van der Waals surface area contributed by atoms with Gasteiger partial charge in [-0.1, -0.05) is 54.6 Å². The molecule has 0 aromatic heterocycles. The lowest BCUT2D eigenvalue weighted by molar-refractivity contribution is 0.638. The Morgan fingerprint density at radius 3 is 2.50 bits per heavy atom. The van der Waals surface area contributed by atoms with Gasteiger partial charge in [0.05, 0.1) is 18.2 Å². The van der Waals surface area contributed by atoms with Crippen LogP contribution in [0.15, 0.2) is 66.3 Å². The molecule has 110 valence electrons. The fourth-order valence-electron chi connectivity index (χ4n) is 3.74. The van der Waals surface area contributed by atoms with Crippen LogP contribution in [0.5, 0.6) is 0 Å². The Balaban J connectivity index is 2.16. The Bertz CT molecular complexity index is 1080. The Morgan fingerprint density at radius 2 is 1.75 bits per heavy atom. The summed E-state index contributed by atoms with van der Waals surface area (Å²) in [5.41, 5.74) is 1.74. The molecule has 0 heterocycles. The van der Waals surface area contributed by atoms with Crippen molar-refractivity contribution in [1.82, 2.24) is 0 Å². The summed E-state index contributed by atoms with van der Waals surface area (Å²) in [6, 6.07) is 18.4. The van der Waals surface area contributed by atoms with Crippen LogP contribution in [0.25, 0.3) is 16.3 Å². The highest BCUT2D eigenvalue weighted by atomic mass is 14.5. The Labute approximate surface area is 139 Å². The van der Waals surface area contributed by atoms with Gasteiger partial charge in [0, 0.05) is 17.1 Å². The first-order chi connectivity index (χ1) is 11.7. The first-order valence-electron chi connectivity index (χ1n) is 7.60. The van der Waals surface area contributed by atoms with E-state index in [9.17, 15) is 15.8 Å². The average molecular weight is 305 g/mol.